The summed E-state index contributed by atoms with van der Waals surface area (Å²) in [7, 11) is 0. The highest BCUT2D eigenvalue weighted by Crippen LogP contribution is 2.44. The van der Waals surface area contributed by atoms with Crippen molar-refractivity contribution in [1.29, 1.82) is 0 Å². The molecule has 0 spiro atoms. The molecule has 19 heavy (non-hydrogen) atoms. The molecule has 1 unspecified atom stereocenters. The molecule has 7 heteroatoms. The van der Waals surface area contributed by atoms with Gasteiger partial charge in [0.1, 0.15) is 5.75 Å². The molecule has 1 aliphatic rings. The molecule has 1 aliphatic heterocycles. The smallest absolute Gasteiger partial charge is 0.443 e. The van der Waals surface area contributed by atoms with Gasteiger partial charge in [-0.25, -0.2) is 4.79 Å². The molecule has 2 rings (SSSR count). The van der Waals surface area contributed by atoms with E-state index < -0.39 is 35.4 Å². The van der Waals surface area contributed by atoms with Crippen LogP contribution in [0.15, 0.2) is 18.2 Å². The van der Waals surface area contributed by atoms with Crippen LogP contribution in [0.3, 0.4) is 0 Å². The standard InChI is InChI=1S/C12H8ClF3O3/c1-6-4-7-2-3-11(10(17)18,12(14,15)16)19-9(7)8(13)5-6/h2-5H,1H3,(H,17,18)/i1D3. The molecule has 0 bridgehead atoms. The third kappa shape index (κ3) is 2.06. The molecular weight excluding hydrogens is 285 g/mol. The molecule has 1 N–H and O–H groups in total. The Morgan fingerprint density at radius 3 is 2.74 bits per heavy atom. The highest BCUT2D eigenvalue weighted by Gasteiger charge is 2.63. The summed E-state index contributed by atoms with van der Waals surface area (Å²) in [6.07, 6.45) is -4.07. The molecule has 1 aromatic carbocycles. The van der Waals surface area contributed by atoms with Crippen LogP contribution >= 0.6 is 11.6 Å². The van der Waals surface area contributed by atoms with Gasteiger partial charge in [-0.2, -0.15) is 13.2 Å². The van der Waals surface area contributed by atoms with Crippen LogP contribution in [0.25, 0.3) is 6.08 Å². The zero-order valence-corrected chi connectivity index (χ0v) is 9.84. The number of hydrogen-bond donors (Lipinski definition) is 1. The second-order valence-corrected chi connectivity index (χ2v) is 4.26. The van der Waals surface area contributed by atoms with Gasteiger partial charge >= 0.3 is 17.7 Å². The minimum Gasteiger partial charge on any atom is -0.478 e. The van der Waals surface area contributed by atoms with Gasteiger partial charge in [0.15, 0.2) is 0 Å². The maximum Gasteiger partial charge on any atom is 0.443 e. The first-order chi connectivity index (χ1) is 9.88. The Balaban J connectivity index is 2.61. The van der Waals surface area contributed by atoms with Gasteiger partial charge in [0.05, 0.1) is 5.02 Å². The zero-order valence-electron chi connectivity index (χ0n) is 12.1. The first-order valence-corrected chi connectivity index (χ1v) is 5.29. The summed E-state index contributed by atoms with van der Waals surface area (Å²) in [5.74, 6) is -2.78. The topological polar surface area (TPSA) is 46.5 Å². The van der Waals surface area contributed by atoms with Gasteiger partial charge < -0.3 is 9.84 Å². The minimum atomic E-state index is -5.22. The van der Waals surface area contributed by atoms with Crippen molar-refractivity contribution < 1.29 is 31.9 Å². The molecule has 0 saturated heterocycles. The van der Waals surface area contributed by atoms with Gasteiger partial charge in [-0.3, -0.25) is 0 Å². The number of carboxylic acids is 1. The van der Waals surface area contributed by atoms with Crippen LogP contribution in [0.2, 0.25) is 5.02 Å². The fourth-order valence-electron chi connectivity index (χ4n) is 1.64. The molecular formula is C12H8ClF3O3. The lowest BCUT2D eigenvalue weighted by atomic mass is 9.97. The van der Waals surface area contributed by atoms with E-state index in [1.54, 1.807) is 0 Å². The van der Waals surface area contributed by atoms with Crippen LogP contribution in [0.5, 0.6) is 5.75 Å². The fraction of sp³-hybridized carbons (Fsp3) is 0.250. The SMILES string of the molecule is [2H]C([2H])([2H])c1cc(Cl)c2c(c1)C=CC(C(=O)O)(C(F)(F)F)O2. The summed E-state index contributed by atoms with van der Waals surface area (Å²) >= 11 is 5.77. The summed E-state index contributed by atoms with van der Waals surface area (Å²) in [5.41, 5.74) is -3.80. The van der Waals surface area contributed by atoms with E-state index in [4.69, 9.17) is 20.8 Å². The minimum absolute atomic E-state index is 0.0419. The second-order valence-electron chi connectivity index (χ2n) is 3.85. The molecule has 1 atom stereocenters. The predicted octanol–water partition coefficient (Wildman–Crippen LogP) is 3.44. The molecule has 0 amide bonds. The van der Waals surface area contributed by atoms with Crippen LogP contribution in [-0.4, -0.2) is 22.9 Å². The number of fused-ring (bicyclic) bond motifs is 1. The molecule has 102 valence electrons. The highest BCUT2D eigenvalue weighted by molar-refractivity contribution is 6.32. The van der Waals surface area contributed by atoms with E-state index >= 15 is 0 Å². The molecule has 1 heterocycles. The van der Waals surface area contributed by atoms with E-state index in [1.807, 2.05) is 0 Å². The molecule has 0 radical (unpaired) electrons. The second kappa shape index (κ2) is 4.16. The predicted molar refractivity (Wildman–Crippen MR) is 62.3 cm³/mol. The van der Waals surface area contributed by atoms with Crippen molar-refractivity contribution in [2.75, 3.05) is 0 Å². The lowest BCUT2D eigenvalue weighted by Gasteiger charge is -2.33. The molecule has 0 saturated carbocycles. The van der Waals surface area contributed by atoms with Crippen molar-refractivity contribution in [3.8, 4) is 5.75 Å². The van der Waals surface area contributed by atoms with Crippen molar-refractivity contribution in [1.82, 2.24) is 0 Å². The van der Waals surface area contributed by atoms with Crippen LogP contribution in [0.4, 0.5) is 13.2 Å². The number of alkyl halides is 3. The van der Waals surface area contributed by atoms with Gasteiger partial charge in [0, 0.05) is 9.68 Å². The van der Waals surface area contributed by atoms with Gasteiger partial charge in [-0.15, -0.1) is 0 Å². The van der Waals surface area contributed by atoms with Crippen molar-refractivity contribution >= 4 is 23.6 Å². The van der Waals surface area contributed by atoms with E-state index in [2.05, 4.69) is 4.74 Å². The zero-order chi connectivity index (χ0) is 16.9. The summed E-state index contributed by atoms with van der Waals surface area (Å²) in [6, 6.07) is 2.00. The molecule has 1 aromatic rings. The number of benzene rings is 1. The highest BCUT2D eigenvalue weighted by atomic mass is 35.5. The third-order valence-corrected chi connectivity index (χ3v) is 2.85. The quantitative estimate of drug-likeness (QED) is 0.863. The van der Waals surface area contributed by atoms with Crippen molar-refractivity contribution in [3.63, 3.8) is 0 Å². The summed E-state index contributed by atoms with van der Waals surface area (Å²) in [4.78, 5) is 11.0. The van der Waals surface area contributed by atoms with E-state index in [0.717, 1.165) is 18.2 Å². The van der Waals surface area contributed by atoms with E-state index in [1.165, 1.54) is 0 Å². The lowest BCUT2D eigenvalue weighted by Crippen LogP contribution is -2.56. The fourth-order valence-corrected chi connectivity index (χ4v) is 1.90. The molecule has 0 aromatic heterocycles. The van der Waals surface area contributed by atoms with Gasteiger partial charge in [-0.1, -0.05) is 17.7 Å². The van der Waals surface area contributed by atoms with Gasteiger partial charge in [0.25, 0.3) is 0 Å². The Morgan fingerprint density at radius 2 is 2.21 bits per heavy atom. The Bertz CT molecular complexity index is 670. The van der Waals surface area contributed by atoms with Crippen molar-refractivity contribution in [2.24, 2.45) is 0 Å². The average molecular weight is 296 g/mol. The third-order valence-electron chi connectivity index (χ3n) is 2.57. The number of rotatable bonds is 1. The number of aryl methyl sites for hydroxylation is 1. The summed E-state index contributed by atoms with van der Waals surface area (Å²) < 4.78 is 65.6. The van der Waals surface area contributed by atoms with Crippen LogP contribution in [-0.2, 0) is 4.79 Å². The van der Waals surface area contributed by atoms with E-state index in [0.29, 0.717) is 6.08 Å². The van der Waals surface area contributed by atoms with Crippen molar-refractivity contribution in [3.05, 3.63) is 34.4 Å². The average Bonchev–Trinajstić information content (AvgIpc) is 2.35. The Hall–Kier alpha value is -1.69. The number of hydrogen-bond acceptors (Lipinski definition) is 2. The van der Waals surface area contributed by atoms with Crippen LogP contribution in [0.1, 0.15) is 15.2 Å². The largest absolute Gasteiger partial charge is 0.478 e. The number of aliphatic carboxylic acids is 1. The van der Waals surface area contributed by atoms with E-state index in [-0.39, 0.29) is 11.1 Å². The Morgan fingerprint density at radius 1 is 1.53 bits per heavy atom. The number of halogens is 4. The first kappa shape index (κ1) is 10.1. The molecule has 3 nitrogen and oxygen atoms in total. The monoisotopic (exact) mass is 295 g/mol. The Kier molecular flexibility index (Phi) is 2.22. The normalized spacial score (nSPS) is 24.7. The van der Waals surface area contributed by atoms with Crippen LogP contribution in [0, 0.1) is 6.85 Å². The Labute approximate surface area is 115 Å². The lowest BCUT2D eigenvalue weighted by molar-refractivity contribution is -0.235. The number of carboxylic acid groups (broad SMARTS) is 1. The van der Waals surface area contributed by atoms with Gasteiger partial charge in [-0.05, 0) is 30.6 Å². The number of carbonyl (C=O) groups is 1. The maximum atomic E-state index is 13.1. The van der Waals surface area contributed by atoms with E-state index in [9.17, 15) is 18.0 Å². The molecule has 0 fully saturated rings. The first-order valence-electron chi connectivity index (χ1n) is 6.41. The van der Waals surface area contributed by atoms with Crippen molar-refractivity contribution in [2.45, 2.75) is 18.6 Å². The van der Waals surface area contributed by atoms with Gasteiger partial charge in [0.2, 0.25) is 0 Å². The van der Waals surface area contributed by atoms with Crippen LogP contribution < -0.4 is 4.74 Å². The summed E-state index contributed by atoms with van der Waals surface area (Å²) in [5, 5.41) is 8.48. The molecule has 0 aliphatic carbocycles. The number of ether oxygens (including phenoxy) is 1. The maximum absolute atomic E-state index is 13.1. The summed E-state index contributed by atoms with van der Waals surface area (Å²) in [6.45, 7) is -2.52.